The topological polar surface area (TPSA) is 118 Å². The second kappa shape index (κ2) is 18.5. The monoisotopic (exact) mass is 1480 g/mol. The van der Waals surface area contributed by atoms with Crippen LogP contribution in [0.2, 0.25) is 0 Å². The van der Waals surface area contributed by atoms with Gasteiger partial charge in [-0.1, -0.05) is 0 Å². The molecule has 90 heavy (non-hydrogen) atoms. The van der Waals surface area contributed by atoms with Crippen LogP contribution in [0.25, 0.3) is 0 Å². The van der Waals surface area contributed by atoms with Gasteiger partial charge < -0.3 is 20.4 Å². The van der Waals surface area contributed by atoms with E-state index in [-0.39, 0.29) is 0 Å². The Morgan fingerprint density at radius 3 is 0.333 bits per heavy atom. The van der Waals surface area contributed by atoms with Gasteiger partial charge in [0.2, 0.25) is 0 Å². The summed E-state index contributed by atoms with van der Waals surface area (Å²) in [4.78, 5) is 0. The summed E-state index contributed by atoms with van der Waals surface area (Å²) in [5.41, 5.74) is -46.8. The van der Waals surface area contributed by atoms with Crippen molar-refractivity contribution in [1.82, 2.24) is 0 Å². The summed E-state index contributed by atoms with van der Waals surface area (Å²) in [5, 5.41) is 35.5. The zero-order chi connectivity index (χ0) is 73.8. The third kappa shape index (κ3) is 7.83. The molecule has 0 radical (unpaired) electrons. The van der Waals surface area contributed by atoms with Crippen molar-refractivity contribution < 1.29 is 268 Å². The first-order chi connectivity index (χ1) is 37.8. The van der Waals surface area contributed by atoms with Crippen molar-refractivity contribution in [2.24, 2.45) is 0 Å². The van der Waals surface area contributed by atoms with E-state index < -0.39 is 178 Å². The van der Waals surface area contributed by atoms with Gasteiger partial charge in [-0.2, -0.15) is 228 Å². The summed E-state index contributed by atoms with van der Waals surface area (Å²) >= 11 is 0. The molecule has 4 atom stereocenters. The first-order valence-electron chi connectivity index (χ1n) is 19.4. The molecule has 4 N–H and O–H groups in total. The van der Waals surface area contributed by atoms with E-state index in [1.165, 1.54) is 0 Å². The van der Waals surface area contributed by atoms with E-state index in [0.29, 0.717) is 18.9 Å². The van der Waals surface area contributed by atoms with Crippen LogP contribution in [0.1, 0.15) is 0 Å². The lowest BCUT2D eigenvalue weighted by atomic mass is 9.38. The predicted molar refractivity (Wildman–Crippen MR) is 153 cm³/mol. The van der Waals surface area contributed by atoms with Crippen molar-refractivity contribution in [3.63, 3.8) is 0 Å². The minimum Gasteiger partial charge on any atom is -0.350 e. The fourth-order valence-electron chi connectivity index (χ4n) is 7.94. The summed E-state index contributed by atoms with van der Waals surface area (Å²) in [6, 6.07) is 0. The fraction of sp³-hybridized carbons (Fsp3) is 1.00. The molecule has 60 heteroatoms. The van der Waals surface area contributed by atoms with Gasteiger partial charge in [0.25, 0.3) is 22.4 Å². The van der Waals surface area contributed by atoms with E-state index in [1.807, 2.05) is 0 Å². The lowest BCUT2D eigenvalue weighted by Gasteiger charge is -2.79. The smallest absolute Gasteiger partial charge is 0.350 e. The molecule has 4 bridgehead atoms. The molecule has 536 valence electrons. The Morgan fingerprint density at radius 1 is 0.167 bits per heavy atom. The molecule has 4 rings (SSSR count). The summed E-state index contributed by atoms with van der Waals surface area (Å²) < 4.78 is 772. The van der Waals surface area contributed by atoms with Crippen LogP contribution in [-0.2, 0) is 18.9 Å². The molecule has 4 aliphatic carbocycles. The molecule has 0 saturated heterocycles. The SMILES string of the molecule is OC(F)(C(F)(F)OC12C(F)(F)C3(OC(F)(F)C(O)(F)C(F)(F)C(F)(F)C(F)(F)F)C(F)(F)C(OC(F)(F)C(O)(F)C(F)(F)C(F)(F)C(F)(F)F)(C1(F)F)C(F)(F)C(OC(F)(F)C(O)(F)C(F)(F)C(F)(F)C(F)(F)F)(C2(F)F)C3(F)F)C(F)(F)C(F)(F)C(F)(F)F. The number of rotatable bonds is 20. The zero-order valence-electron chi connectivity index (χ0n) is 38.1. The van der Waals surface area contributed by atoms with Gasteiger partial charge in [0, 0.05) is 0 Å². The molecule has 4 unspecified atom stereocenters. The number of hydrogen-bond acceptors (Lipinski definition) is 8. The van der Waals surface area contributed by atoms with Crippen LogP contribution in [0, 0.1) is 0 Å². The number of alkyl halides is 52. The second-order valence-electron chi connectivity index (χ2n) is 17.7. The molecule has 0 spiro atoms. The molecule has 4 aliphatic rings. The van der Waals surface area contributed by atoms with Gasteiger partial charge in [0.05, 0.1) is 0 Å². The van der Waals surface area contributed by atoms with E-state index >= 15 is 105 Å². The largest absolute Gasteiger partial charge is 0.460 e. The average molecular weight is 1480 g/mol. The number of hydrogen-bond donors (Lipinski definition) is 4. The third-order valence-corrected chi connectivity index (χ3v) is 12.6. The van der Waals surface area contributed by atoms with Gasteiger partial charge in [0.15, 0.2) is 0 Å². The highest BCUT2D eigenvalue weighted by Gasteiger charge is 3.25. The quantitative estimate of drug-likeness (QED) is 0.0891. The Hall–Kier alpha value is -3.96. The van der Waals surface area contributed by atoms with E-state index in [9.17, 15) is 123 Å². The number of halogens is 52. The first kappa shape index (κ1) is 80.3. The lowest BCUT2D eigenvalue weighted by molar-refractivity contribution is -0.693. The van der Waals surface area contributed by atoms with Gasteiger partial charge in [-0.25, -0.2) is 0 Å². The van der Waals surface area contributed by atoms with E-state index in [0.717, 1.165) is 0 Å². The minimum atomic E-state index is -11.7. The van der Waals surface area contributed by atoms with E-state index in [2.05, 4.69) is 0 Å². The van der Waals surface area contributed by atoms with Crippen molar-refractivity contribution in [3.8, 4) is 0 Å². The Kier molecular flexibility index (Phi) is 16.5. The van der Waals surface area contributed by atoms with Crippen LogP contribution in [0.5, 0.6) is 0 Å². The maximum atomic E-state index is 17.0. The van der Waals surface area contributed by atoms with E-state index in [4.69, 9.17) is 20.4 Å². The Balaban J connectivity index is 3.27. The summed E-state index contributed by atoms with van der Waals surface area (Å²) in [7, 11) is 0. The number of ether oxygens (including phenoxy) is 4. The van der Waals surface area contributed by atoms with Gasteiger partial charge in [-0.05, 0) is 0 Å². The molecule has 0 aromatic rings. The van der Waals surface area contributed by atoms with Crippen molar-refractivity contribution in [2.75, 3.05) is 0 Å². The molecule has 0 aromatic heterocycles. The van der Waals surface area contributed by atoms with Crippen LogP contribution < -0.4 is 0 Å². The fourth-order valence-corrected chi connectivity index (χ4v) is 7.94. The van der Waals surface area contributed by atoms with Crippen molar-refractivity contribution in [1.29, 1.82) is 0 Å². The highest BCUT2D eigenvalue weighted by molar-refractivity contribution is 5.56. The van der Waals surface area contributed by atoms with Crippen molar-refractivity contribution in [3.05, 3.63) is 0 Å². The van der Waals surface area contributed by atoms with Crippen molar-refractivity contribution >= 4 is 0 Å². The maximum Gasteiger partial charge on any atom is 0.460 e. The van der Waals surface area contributed by atoms with Gasteiger partial charge in [-0.15, -0.1) is 0 Å². The van der Waals surface area contributed by atoms with E-state index in [1.54, 1.807) is 0 Å². The first-order valence-corrected chi connectivity index (χ1v) is 19.4. The summed E-state index contributed by atoms with van der Waals surface area (Å²) in [6.07, 6.45) is -79.3. The molecule has 0 aliphatic heterocycles. The molecule has 0 aromatic carbocycles. The number of aliphatic hydroxyl groups is 4. The predicted octanol–water partition coefficient (Wildman–Crippen LogP) is 13.2. The molecular formula is C30H4F52O8. The third-order valence-electron chi connectivity index (χ3n) is 12.6. The van der Waals surface area contributed by atoms with Crippen LogP contribution >= 0.6 is 0 Å². The highest BCUT2D eigenvalue weighted by Crippen LogP contribution is 2.91. The summed E-state index contributed by atoms with van der Waals surface area (Å²) in [6.45, 7) is 0. The molecule has 8 nitrogen and oxygen atoms in total. The lowest BCUT2D eigenvalue weighted by Crippen LogP contribution is -3.13. The molecular weight excluding hydrogens is 1480 g/mol. The second-order valence-corrected chi connectivity index (χ2v) is 17.7. The molecule has 4 fully saturated rings. The van der Waals surface area contributed by atoms with Crippen LogP contribution in [0.4, 0.5) is 228 Å². The maximum absolute atomic E-state index is 17.0. The van der Waals surface area contributed by atoms with Crippen molar-refractivity contribution in [2.45, 2.75) is 178 Å². The molecule has 4 saturated carbocycles. The Bertz CT molecular complexity index is 2310. The molecule has 0 amide bonds. The van der Waals surface area contributed by atoms with Crippen LogP contribution in [0.15, 0.2) is 0 Å². The normalized spacial score (nSPS) is 30.1. The molecule has 0 heterocycles. The zero-order valence-corrected chi connectivity index (χ0v) is 38.1. The Morgan fingerprint density at radius 2 is 0.256 bits per heavy atom. The van der Waals surface area contributed by atoms with Crippen LogP contribution in [-0.4, -0.2) is 198 Å². The van der Waals surface area contributed by atoms with Crippen LogP contribution in [0.3, 0.4) is 0 Å². The summed E-state index contributed by atoms with van der Waals surface area (Å²) in [5.74, 6) is -190. The van der Waals surface area contributed by atoms with Gasteiger partial charge >= 0.3 is 155 Å². The van der Waals surface area contributed by atoms with Gasteiger partial charge in [0.1, 0.15) is 0 Å². The standard InChI is InChI=1S/C30H4F52O8/c31-5(32)1(87-27(75,76)19(59,83)11(43,44)15(51,52)23(63,64)65)6(33,34)3(89-29(79,80)21(61,85)13(47,48)17(55,56)25(69,70)71)8(37,38)2(5,88-28(77,78)20(60,84)12(45,46)16(53,54)24(66,67)68)9(39,40)4(7(1,35)36,10(3,41)42)90-30(81,82)22(62,86)14(49,50)18(57,58)26(72,73)74/h83-86H. The minimum absolute atomic E-state index is 0.614. The average Bonchev–Trinajstić information content (AvgIpc) is 3.26. The highest BCUT2D eigenvalue weighted by atomic mass is 19.5. The Labute approximate surface area is 447 Å². The van der Waals surface area contributed by atoms with Gasteiger partial charge in [-0.3, -0.25) is 18.9 Å².